The Kier molecular flexibility index (Phi) is 3.25. The van der Waals surface area contributed by atoms with Gasteiger partial charge in [-0.05, 0) is 12.1 Å². The Morgan fingerprint density at radius 1 is 1.54 bits per heavy atom. The van der Waals surface area contributed by atoms with Crippen molar-refractivity contribution in [3.05, 3.63) is 30.1 Å². The van der Waals surface area contributed by atoms with Gasteiger partial charge in [0.15, 0.2) is 6.61 Å². The number of hydrogen-bond donors (Lipinski definition) is 0. The maximum Gasteiger partial charge on any atom is 0.343 e. The van der Waals surface area contributed by atoms with Crippen LogP contribution in [0.1, 0.15) is 0 Å². The molecule has 0 aliphatic carbocycles. The third kappa shape index (κ3) is 3.11. The fourth-order valence-electron chi connectivity index (χ4n) is 0.758. The van der Waals surface area contributed by atoms with E-state index < -0.39 is 11.8 Å². The Morgan fingerprint density at radius 2 is 2.31 bits per heavy atom. The molecular weight excluding hydrogens is 175 g/mol. The summed E-state index contributed by atoms with van der Waals surface area (Å²) in [5.74, 6) is -0.586. The maximum atomic E-state index is 12.6. The first kappa shape index (κ1) is 9.51. The number of benzene rings is 1. The first-order chi connectivity index (χ1) is 6.22. The van der Waals surface area contributed by atoms with Crippen molar-refractivity contribution in [2.24, 2.45) is 0 Å². The van der Waals surface area contributed by atoms with E-state index >= 15 is 0 Å². The second kappa shape index (κ2) is 4.45. The van der Waals surface area contributed by atoms with Crippen LogP contribution in [0.2, 0.25) is 0 Å². The molecule has 1 rings (SSSR count). The lowest BCUT2D eigenvalue weighted by Gasteiger charge is -2.03. The Hall–Kier alpha value is -1.58. The van der Waals surface area contributed by atoms with Crippen LogP contribution in [0.25, 0.3) is 0 Å². The Labute approximate surface area is 75.1 Å². The van der Waals surface area contributed by atoms with Crippen molar-refractivity contribution in [3.8, 4) is 5.75 Å². The van der Waals surface area contributed by atoms with Gasteiger partial charge in [0.1, 0.15) is 11.6 Å². The smallest absolute Gasteiger partial charge is 0.343 e. The van der Waals surface area contributed by atoms with E-state index in [2.05, 4.69) is 4.74 Å². The van der Waals surface area contributed by atoms with E-state index in [0.29, 0.717) is 5.75 Å². The van der Waals surface area contributed by atoms with Crippen LogP contribution in [0.5, 0.6) is 5.75 Å². The highest BCUT2D eigenvalue weighted by molar-refractivity contribution is 5.70. The summed E-state index contributed by atoms with van der Waals surface area (Å²) in [5, 5.41) is 0. The van der Waals surface area contributed by atoms with Gasteiger partial charge >= 0.3 is 5.97 Å². The topological polar surface area (TPSA) is 35.5 Å². The van der Waals surface area contributed by atoms with Crippen LogP contribution in [-0.2, 0) is 9.53 Å². The average Bonchev–Trinajstić information content (AvgIpc) is 2.14. The summed E-state index contributed by atoms with van der Waals surface area (Å²) in [4.78, 5) is 10.6. The van der Waals surface area contributed by atoms with Gasteiger partial charge in [0.25, 0.3) is 0 Å². The molecule has 0 bridgehead atoms. The molecule has 0 heterocycles. The van der Waals surface area contributed by atoms with Crippen LogP contribution in [0.4, 0.5) is 4.39 Å². The normalized spacial score (nSPS) is 9.38. The van der Waals surface area contributed by atoms with Crippen molar-refractivity contribution in [3.63, 3.8) is 0 Å². The van der Waals surface area contributed by atoms with Crippen molar-refractivity contribution in [2.75, 3.05) is 13.7 Å². The van der Waals surface area contributed by atoms with E-state index in [1.54, 1.807) is 6.07 Å². The van der Waals surface area contributed by atoms with Gasteiger partial charge in [-0.15, -0.1) is 0 Å². The van der Waals surface area contributed by atoms with Crippen LogP contribution in [-0.4, -0.2) is 19.7 Å². The number of ether oxygens (including phenoxy) is 2. The Balaban J connectivity index is 2.50. The molecular formula is C9H9FO3. The van der Waals surface area contributed by atoms with Crippen LogP contribution >= 0.6 is 0 Å². The highest BCUT2D eigenvalue weighted by Gasteiger charge is 2.01. The number of rotatable bonds is 3. The van der Waals surface area contributed by atoms with Gasteiger partial charge in [-0.25, -0.2) is 9.18 Å². The molecule has 70 valence electrons. The van der Waals surface area contributed by atoms with Gasteiger partial charge in [-0.1, -0.05) is 6.07 Å². The summed E-state index contributed by atoms with van der Waals surface area (Å²) in [5.41, 5.74) is 0. The summed E-state index contributed by atoms with van der Waals surface area (Å²) >= 11 is 0. The third-order valence-electron chi connectivity index (χ3n) is 1.38. The molecule has 0 unspecified atom stereocenters. The SMILES string of the molecule is COC(=O)COc1cccc(F)c1. The number of halogens is 1. The number of methoxy groups -OCH3 is 1. The summed E-state index contributed by atoms with van der Waals surface area (Å²) < 4.78 is 21.8. The van der Waals surface area contributed by atoms with Crippen LogP contribution in [0.3, 0.4) is 0 Å². The molecule has 0 atom stereocenters. The lowest BCUT2D eigenvalue weighted by atomic mass is 10.3. The molecule has 0 aliphatic rings. The zero-order chi connectivity index (χ0) is 9.68. The largest absolute Gasteiger partial charge is 0.482 e. The quantitative estimate of drug-likeness (QED) is 0.665. The second-order valence-corrected chi connectivity index (χ2v) is 2.32. The fourth-order valence-corrected chi connectivity index (χ4v) is 0.758. The summed E-state index contributed by atoms with van der Waals surface area (Å²) in [7, 11) is 1.26. The number of carbonyl (C=O) groups excluding carboxylic acids is 1. The first-order valence-corrected chi connectivity index (χ1v) is 3.67. The third-order valence-corrected chi connectivity index (χ3v) is 1.38. The molecule has 0 N–H and O–H groups in total. The molecule has 13 heavy (non-hydrogen) atoms. The molecule has 4 heteroatoms. The standard InChI is InChI=1S/C9H9FO3/c1-12-9(11)6-13-8-4-2-3-7(10)5-8/h2-5H,6H2,1H3. The van der Waals surface area contributed by atoms with Crippen LogP contribution in [0.15, 0.2) is 24.3 Å². The summed E-state index contributed by atoms with van der Waals surface area (Å²) in [6, 6.07) is 5.56. The number of esters is 1. The molecule has 0 aliphatic heterocycles. The van der Waals surface area contributed by atoms with Crippen LogP contribution < -0.4 is 4.74 Å². The molecule has 1 aromatic rings. The Bertz CT molecular complexity index is 299. The minimum absolute atomic E-state index is 0.208. The lowest BCUT2D eigenvalue weighted by Crippen LogP contribution is -2.12. The van der Waals surface area contributed by atoms with E-state index in [1.807, 2.05) is 0 Å². The minimum atomic E-state index is -0.496. The van der Waals surface area contributed by atoms with E-state index in [0.717, 1.165) is 0 Å². The Morgan fingerprint density at radius 3 is 2.92 bits per heavy atom. The molecule has 0 saturated heterocycles. The predicted molar refractivity (Wildman–Crippen MR) is 43.9 cm³/mol. The highest BCUT2D eigenvalue weighted by Crippen LogP contribution is 2.11. The molecule has 0 fully saturated rings. The molecule has 0 spiro atoms. The monoisotopic (exact) mass is 184 g/mol. The molecule has 0 radical (unpaired) electrons. The molecule has 0 saturated carbocycles. The van der Waals surface area contributed by atoms with Crippen molar-refractivity contribution in [1.82, 2.24) is 0 Å². The fraction of sp³-hybridized carbons (Fsp3) is 0.222. The molecule has 0 aromatic heterocycles. The predicted octanol–water partition coefficient (Wildman–Crippen LogP) is 1.38. The number of hydrogen-bond acceptors (Lipinski definition) is 3. The van der Waals surface area contributed by atoms with Crippen molar-refractivity contribution in [2.45, 2.75) is 0 Å². The van der Waals surface area contributed by atoms with Gasteiger partial charge in [-0.3, -0.25) is 0 Å². The highest BCUT2D eigenvalue weighted by atomic mass is 19.1. The van der Waals surface area contributed by atoms with Crippen molar-refractivity contribution in [1.29, 1.82) is 0 Å². The van der Waals surface area contributed by atoms with Gasteiger partial charge < -0.3 is 9.47 Å². The van der Waals surface area contributed by atoms with E-state index in [1.165, 1.54) is 25.3 Å². The average molecular weight is 184 g/mol. The van der Waals surface area contributed by atoms with Crippen molar-refractivity contribution < 1.29 is 18.7 Å². The van der Waals surface area contributed by atoms with Crippen LogP contribution in [0, 0.1) is 5.82 Å². The van der Waals surface area contributed by atoms with Crippen molar-refractivity contribution >= 4 is 5.97 Å². The van der Waals surface area contributed by atoms with E-state index in [-0.39, 0.29) is 6.61 Å². The lowest BCUT2D eigenvalue weighted by molar-refractivity contribution is -0.142. The van der Waals surface area contributed by atoms with Gasteiger partial charge in [0.2, 0.25) is 0 Å². The molecule has 3 nitrogen and oxygen atoms in total. The van der Waals surface area contributed by atoms with E-state index in [9.17, 15) is 9.18 Å². The summed E-state index contributed by atoms with van der Waals surface area (Å²) in [6.07, 6.45) is 0. The van der Waals surface area contributed by atoms with Gasteiger partial charge in [0.05, 0.1) is 7.11 Å². The zero-order valence-corrected chi connectivity index (χ0v) is 7.12. The van der Waals surface area contributed by atoms with Gasteiger partial charge in [-0.2, -0.15) is 0 Å². The molecule has 0 amide bonds. The second-order valence-electron chi connectivity index (χ2n) is 2.32. The zero-order valence-electron chi connectivity index (χ0n) is 7.12. The number of carbonyl (C=O) groups is 1. The summed E-state index contributed by atoms with van der Waals surface area (Å²) in [6.45, 7) is -0.208. The minimum Gasteiger partial charge on any atom is -0.482 e. The first-order valence-electron chi connectivity index (χ1n) is 3.67. The maximum absolute atomic E-state index is 12.6. The van der Waals surface area contributed by atoms with Gasteiger partial charge in [0, 0.05) is 6.07 Å². The molecule has 1 aromatic carbocycles. The van der Waals surface area contributed by atoms with E-state index in [4.69, 9.17) is 4.74 Å².